The average Bonchev–Trinajstić information content (AvgIpc) is 2.56. The minimum atomic E-state index is -0.260. The predicted molar refractivity (Wildman–Crippen MR) is 99.3 cm³/mol. The summed E-state index contributed by atoms with van der Waals surface area (Å²) in [5.74, 6) is 0.125. The van der Waals surface area contributed by atoms with Crippen LogP contribution in [0.4, 0.5) is 5.69 Å². The second-order valence-electron chi connectivity index (χ2n) is 5.46. The molecule has 0 saturated heterocycles. The van der Waals surface area contributed by atoms with Crippen molar-refractivity contribution in [1.29, 1.82) is 0 Å². The van der Waals surface area contributed by atoms with E-state index >= 15 is 0 Å². The highest BCUT2D eigenvalue weighted by Gasteiger charge is 2.11. The number of anilines is 1. The zero-order chi connectivity index (χ0) is 18.4. The van der Waals surface area contributed by atoms with E-state index in [1.54, 1.807) is 42.5 Å². The normalized spacial score (nSPS) is 11.5. The van der Waals surface area contributed by atoms with Crippen molar-refractivity contribution < 1.29 is 14.3 Å². The van der Waals surface area contributed by atoms with E-state index in [-0.39, 0.29) is 24.5 Å². The molecule has 0 fully saturated rings. The Kier molecular flexibility index (Phi) is 6.67. The van der Waals surface area contributed by atoms with Gasteiger partial charge < -0.3 is 15.4 Å². The number of halogens is 2. The van der Waals surface area contributed by atoms with Gasteiger partial charge in [-0.1, -0.05) is 29.3 Å². The lowest BCUT2D eigenvalue weighted by Gasteiger charge is -2.15. The van der Waals surface area contributed by atoms with E-state index < -0.39 is 0 Å². The van der Waals surface area contributed by atoms with Crippen LogP contribution in [0.15, 0.2) is 42.5 Å². The third-order valence-corrected chi connectivity index (χ3v) is 4.10. The molecule has 5 nitrogen and oxygen atoms in total. The third kappa shape index (κ3) is 5.96. The monoisotopic (exact) mass is 380 g/mol. The van der Waals surface area contributed by atoms with Gasteiger partial charge in [0, 0.05) is 12.6 Å². The number of benzene rings is 2. The summed E-state index contributed by atoms with van der Waals surface area (Å²) in [6.45, 7) is 3.16. The van der Waals surface area contributed by atoms with Crippen LogP contribution < -0.4 is 15.4 Å². The summed E-state index contributed by atoms with van der Waals surface area (Å²) in [5.41, 5.74) is 1.51. The molecule has 0 bridgehead atoms. The topological polar surface area (TPSA) is 67.4 Å². The quantitative estimate of drug-likeness (QED) is 0.788. The maximum atomic E-state index is 12.0. The minimum absolute atomic E-state index is 0.120. The first-order valence-electron chi connectivity index (χ1n) is 7.60. The van der Waals surface area contributed by atoms with E-state index in [4.69, 9.17) is 27.9 Å². The Morgan fingerprint density at radius 2 is 1.76 bits per heavy atom. The predicted octanol–water partition coefficient (Wildman–Crippen LogP) is 4.21. The van der Waals surface area contributed by atoms with Gasteiger partial charge in [-0.15, -0.1) is 0 Å². The van der Waals surface area contributed by atoms with Gasteiger partial charge in [-0.05, 0) is 48.9 Å². The van der Waals surface area contributed by atoms with E-state index in [2.05, 4.69) is 10.6 Å². The highest BCUT2D eigenvalue weighted by Crippen LogP contribution is 2.25. The van der Waals surface area contributed by atoms with Crippen LogP contribution >= 0.6 is 23.2 Å². The highest BCUT2D eigenvalue weighted by atomic mass is 35.5. The molecular weight excluding hydrogens is 363 g/mol. The second-order valence-corrected chi connectivity index (χ2v) is 6.27. The zero-order valence-electron chi connectivity index (χ0n) is 13.8. The Balaban J connectivity index is 1.85. The molecule has 0 heterocycles. The second kappa shape index (κ2) is 8.74. The number of carbonyl (C=O) groups excluding carboxylic acids is 2. The van der Waals surface area contributed by atoms with Gasteiger partial charge in [0.2, 0.25) is 5.91 Å². The molecule has 0 saturated carbocycles. The van der Waals surface area contributed by atoms with E-state index in [1.807, 2.05) is 6.92 Å². The van der Waals surface area contributed by atoms with Crippen molar-refractivity contribution >= 4 is 40.7 Å². The Bertz CT molecular complexity index is 763. The Morgan fingerprint density at radius 1 is 1.08 bits per heavy atom. The number of carbonyl (C=O) groups is 2. The summed E-state index contributed by atoms with van der Waals surface area (Å²) in [7, 11) is 0. The van der Waals surface area contributed by atoms with Gasteiger partial charge in [0.25, 0.3) is 5.91 Å². The first-order valence-corrected chi connectivity index (χ1v) is 8.35. The van der Waals surface area contributed by atoms with Crippen molar-refractivity contribution in [3.8, 4) is 5.75 Å². The van der Waals surface area contributed by atoms with Gasteiger partial charge in [0.1, 0.15) is 5.75 Å². The van der Waals surface area contributed by atoms with Crippen LogP contribution in [0.3, 0.4) is 0 Å². The van der Waals surface area contributed by atoms with Crippen LogP contribution in [0.5, 0.6) is 5.75 Å². The SMILES string of the molecule is CC(=O)Nc1ccc(OCC(=O)N[C@H](C)c2ccc(Cl)c(Cl)c2)cc1. The molecular formula is C18H18Cl2N2O3. The molecule has 0 aliphatic heterocycles. The summed E-state index contributed by atoms with van der Waals surface area (Å²) in [4.78, 5) is 23.0. The standard InChI is InChI=1S/C18H18Cl2N2O3/c1-11(13-3-8-16(19)17(20)9-13)21-18(24)10-25-15-6-4-14(5-7-15)22-12(2)23/h3-9,11H,10H2,1-2H3,(H,21,24)(H,22,23)/t11-/m1/s1. The largest absolute Gasteiger partial charge is 0.484 e. The van der Waals surface area contributed by atoms with Crippen molar-refractivity contribution in [2.75, 3.05) is 11.9 Å². The lowest BCUT2D eigenvalue weighted by molar-refractivity contribution is -0.123. The fraction of sp³-hybridized carbons (Fsp3) is 0.222. The van der Waals surface area contributed by atoms with Crippen molar-refractivity contribution in [2.45, 2.75) is 19.9 Å². The number of hydrogen-bond donors (Lipinski definition) is 2. The molecule has 2 amide bonds. The molecule has 0 aliphatic carbocycles. The van der Waals surface area contributed by atoms with Crippen molar-refractivity contribution in [1.82, 2.24) is 5.32 Å². The van der Waals surface area contributed by atoms with Gasteiger partial charge in [0.05, 0.1) is 16.1 Å². The van der Waals surface area contributed by atoms with Gasteiger partial charge in [-0.3, -0.25) is 9.59 Å². The average molecular weight is 381 g/mol. The number of nitrogens with one attached hydrogen (secondary N) is 2. The van der Waals surface area contributed by atoms with E-state index in [0.29, 0.717) is 21.5 Å². The van der Waals surface area contributed by atoms with Crippen LogP contribution in [0, 0.1) is 0 Å². The number of rotatable bonds is 6. The fourth-order valence-corrected chi connectivity index (χ4v) is 2.44. The maximum absolute atomic E-state index is 12.0. The van der Waals surface area contributed by atoms with Gasteiger partial charge in [-0.25, -0.2) is 0 Å². The minimum Gasteiger partial charge on any atom is -0.484 e. The van der Waals surface area contributed by atoms with E-state index in [0.717, 1.165) is 5.56 Å². The zero-order valence-corrected chi connectivity index (χ0v) is 15.3. The van der Waals surface area contributed by atoms with Crippen molar-refractivity contribution in [3.63, 3.8) is 0 Å². The van der Waals surface area contributed by atoms with Gasteiger partial charge in [-0.2, -0.15) is 0 Å². The van der Waals surface area contributed by atoms with Gasteiger partial charge in [0.15, 0.2) is 6.61 Å². The molecule has 25 heavy (non-hydrogen) atoms. The number of amides is 2. The smallest absolute Gasteiger partial charge is 0.258 e. The van der Waals surface area contributed by atoms with E-state index in [9.17, 15) is 9.59 Å². The Labute approximate surface area is 156 Å². The van der Waals surface area contributed by atoms with Crippen LogP contribution in [0.1, 0.15) is 25.5 Å². The lowest BCUT2D eigenvalue weighted by Crippen LogP contribution is -2.31. The van der Waals surface area contributed by atoms with E-state index in [1.165, 1.54) is 6.92 Å². The molecule has 2 aromatic rings. The van der Waals surface area contributed by atoms with Crippen molar-refractivity contribution in [3.05, 3.63) is 58.1 Å². The summed E-state index contributed by atoms with van der Waals surface area (Å²) in [6, 6.07) is 11.8. The molecule has 2 aromatic carbocycles. The van der Waals surface area contributed by atoms with Crippen LogP contribution in [0.2, 0.25) is 10.0 Å². The molecule has 0 radical (unpaired) electrons. The Hall–Kier alpha value is -2.24. The molecule has 132 valence electrons. The highest BCUT2D eigenvalue weighted by molar-refractivity contribution is 6.42. The summed E-state index contributed by atoms with van der Waals surface area (Å²) < 4.78 is 5.44. The van der Waals surface area contributed by atoms with Crippen LogP contribution in [-0.2, 0) is 9.59 Å². The maximum Gasteiger partial charge on any atom is 0.258 e. The molecule has 2 N–H and O–H groups in total. The third-order valence-electron chi connectivity index (χ3n) is 3.37. The molecule has 0 spiro atoms. The molecule has 2 rings (SSSR count). The Morgan fingerprint density at radius 3 is 2.36 bits per heavy atom. The number of hydrogen-bond acceptors (Lipinski definition) is 3. The van der Waals surface area contributed by atoms with Crippen molar-refractivity contribution in [2.24, 2.45) is 0 Å². The lowest BCUT2D eigenvalue weighted by atomic mass is 10.1. The summed E-state index contributed by atoms with van der Waals surface area (Å²) in [5, 5.41) is 6.39. The molecule has 0 aliphatic rings. The number of ether oxygens (including phenoxy) is 1. The molecule has 0 unspecified atom stereocenters. The first kappa shape index (κ1) is 19.1. The molecule has 7 heteroatoms. The molecule has 0 aromatic heterocycles. The molecule has 1 atom stereocenters. The van der Waals surface area contributed by atoms with Crippen LogP contribution in [0.25, 0.3) is 0 Å². The summed E-state index contributed by atoms with van der Waals surface area (Å²) in [6.07, 6.45) is 0. The fourth-order valence-electron chi connectivity index (χ4n) is 2.13. The summed E-state index contributed by atoms with van der Waals surface area (Å²) >= 11 is 11.9. The van der Waals surface area contributed by atoms with Gasteiger partial charge >= 0.3 is 0 Å². The first-order chi connectivity index (χ1) is 11.8. The van der Waals surface area contributed by atoms with Crippen LogP contribution in [-0.4, -0.2) is 18.4 Å².